The molecule has 180 valence electrons. The summed E-state index contributed by atoms with van der Waals surface area (Å²) in [5.74, 6) is -0.647. The molecule has 0 atom stereocenters. The Labute approximate surface area is 192 Å². The monoisotopic (exact) mass is 448 g/mol. The van der Waals surface area contributed by atoms with Crippen LogP contribution in [0, 0.1) is 12.3 Å². The molecule has 32 heavy (non-hydrogen) atoms. The quantitative estimate of drug-likeness (QED) is 0.385. The predicted octanol–water partition coefficient (Wildman–Crippen LogP) is 3.17. The van der Waals surface area contributed by atoms with Crippen LogP contribution >= 0.6 is 0 Å². The van der Waals surface area contributed by atoms with Crippen molar-refractivity contribution in [1.82, 2.24) is 4.98 Å². The zero-order valence-corrected chi connectivity index (χ0v) is 20.5. The van der Waals surface area contributed by atoms with E-state index in [1.165, 1.54) is 7.11 Å². The molecule has 2 rings (SSSR count). The summed E-state index contributed by atoms with van der Waals surface area (Å²) in [6.07, 6.45) is 6.91. The van der Waals surface area contributed by atoms with Gasteiger partial charge in [-0.25, -0.2) is 0 Å². The lowest BCUT2D eigenvalue weighted by atomic mass is 9.82. The van der Waals surface area contributed by atoms with E-state index in [0.717, 1.165) is 37.2 Å². The molecule has 0 aliphatic carbocycles. The lowest BCUT2D eigenvalue weighted by molar-refractivity contribution is -0.136. The van der Waals surface area contributed by atoms with E-state index in [1.54, 1.807) is 39.1 Å². The first-order chi connectivity index (χ1) is 14.6. The highest BCUT2D eigenvalue weighted by Crippen LogP contribution is 2.37. The van der Waals surface area contributed by atoms with Crippen LogP contribution in [0.25, 0.3) is 5.70 Å². The number of carbonyl (C=O) groups is 1. The van der Waals surface area contributed by atoms with E-state index < -0.39 is 11.6 Å². The number of nitrogens with two attached hydrogens (primary N) is 2. The second-order valence-corrected chi connectivity index (χ2v) is 9.87. The van der Waals surface area contributed by atoms with Gasteiger partial charge in [-0.1, -0.05) is 13.8 Å². The molecule has 0 amide bonds. The van der Waals surface area contributed by atoms with E-state index in [9.17, 15) is 9.90 Å². The second-order valence-electron chi connectivity index (χ2n) is 9.87. The molecule has 8 nitrogen and oxygen atoms in total. The fourth-order valence-corrected chi connectivity index (χ4v) is 3.24. The number of anilines is 1. The number of ether oxygens (including phenoxy) is 1. The van der Waals surface area contributed by atoms with Crippen LogP contribution in [0.15, 0.2) is 24.2 Å². The van der Waals surface area contributed by atoms with Crippen molar-refractivity contribution in [3.05, 3.63) is 41.1 Å². The minimum atomic E-state index is -0.887. The third kappa shape index (κ3) is 9.18. The Balaban J connectivity index is 0.000000920. The minimum absolute atomic E-state index is 0.0920. The maximum atomic E-state index is 11.5. The standard InChI is InChI=1S/C20H30N4O3.C4H10O/c1-13-14(11-18(25)26)19(24-9-7-20(2,3)8-10-24)15(12-23-13)16(21)5-6-17(22)27-4;1-4(2,3)5/h5-6,12H,7-11,21-22H2,1-4H3,(H,25,26);5H,1-3H3/b16-5-,17-6+;. The van der Waals surface area contributed by atoms with Gasteiger partial charge in [-0.05, 0) is 58.1 Å². The SMILES string of the molecule is CC(C)(C)O.CO/C(N)=C/C=C(\N)c1cnc(C)c(CC(=O)O)c1N1CCC(C)(C)CC1. The normalized spacial score (nSPS) is 16.8. The average Bonchev–Trinajstić information content (AvgIpc) is 2.66. The van der Waals surface area contributed by atoms with E-state index in [2.05, 4.69) is 23.7 Å². The van der Waals surface area contributed by atoms with Gasteiger partial charge in [0.2, 0.25) is 0 Å². The molecule has 2 heterocycles. The third-order valence-corrected chi connectivity index (χ3v) is 5.10. The number of pyridine rings is 1. The number of piperidine rings is 1. The van der Waals surface area contributed by atoms with Crippen molar-refractivity contribution in [2.75, 3.05) is 25.1 Å². The molecule has 1 aromatic rings. The Hall–Kier alpha value is -2.74. The van der Waals surface area contributed by atoms with Gasteiger partial charge in [0.15, 0.2) is 5.88 Å². The molecule has 1 saturated heterocycles. The van der Waals surface area contributed by atoms with E-state index >= 15 is 0 Å². The highest BCUT2D eigenvalue weighted by molar-refractivity contribution is 5.82. The molecule has 0 saturated carbocycles. The molecule has 0 spiro atoms. The van der Waals surface area contributed by atoms with Crippen LogP contribution in [0.4, 0.5) is 5.69 Å². The number of hydrogen-bond acceptors (Lipinski definition) is 7. The highest BCUT2D eigenvalue weighted by Gasteiger charge is 2.29. The molecule has 0 radical (unpaired) electrons. The summed E-state index contributed by atoms with van der Waals surface area (Å²) in [6, 6.07) is 0. The summed E-state index contributed by atoms with van der Waals surface area (Å²) in [5.41, 5.74) is 15.2. The summed E-state index contributed by atoms with van der Waals surface area (Å²) in [5, 5.41) is 17.9. The van der Waals surface area contributed by atoms with Gasteiger partial charge in [0.1, 0.15) is 0 Å². The molecule has 1 fully saturated rings. The molecule has 1 aromatic heterocycles. The third-order valence-electron chi connectivity index (χ3n) is 5.10. The minimum Gasteiger partial charge on any atom is -0.483 e. The molecule has 6 N–H and O–H groups in total. The first-order valence-electron chi connectivity index (χ1n) is 10.8. The van der Waals surface area contributed by atoms with Crippen molar-refractivity contribution in [1.29, 1.82) is 0 Å². The van der Waals surface area contributed by atoms with Gasteiger partial charge in [-0.15, -0.1) is 0 Å². The summed E-state index contributed by atoms with van der Waals surface area (Å²) in [6.45, 7) is 13.3. The Bertz CT molecular complexity index is 838. The summed E-state index contributed by atoms with van der Waals surface area (Å²) < 4.78 is 4.94. The van der Waals surface area contributed by atoms with Crippen molar-refractivity contribution in [3.8, 4) is 0 Å². The number of aliphatic carboxylic acids is 1. The average molecular weight is 449 g/mol. The maximum absolute atomic E-state index is 11.5. The molecular formula is C24H40N4O4. The van der Waals surface area contributed by atoms with Gasteiger partial charge in [-0.2, -0.15) is 0 Å². The van der Waals surface area contributed by atoms with Gasteiger partial charge < -0.3 is 31.3 Å². The summed E-state index contributed by atoms with van der Waals surface area (Å²) in [4.78, 5) is 18.1. The number of carboxylic acids is 1. The number of aromatic nitrogens is 1. The number of allylic oxidation sites excluding steroid dienone is 2. The molecule has 0 bridgehead atoms. The number of nitrogens with zero attached hydrogens (tertiary/aromatic N) is 2. The molecule has 1 aliphatic heterocycles. The lowest BCUT2D eigenvalue weighted by Gasteiger charge is -2.40. The topological polar surface area (TPSA) is 135 Å². The van der Waals surface area contributed by atoms with E-state index in [1.807, 2.05) is 6.92 Å². The zero-order chi connectivity index (χ0) is 24.7. The first kappa shape index (κ1) is 27.3. The van der Waals surface area contributed by atoms with Crippen LogP contribution in [0.1, 0.15) is 64.3 Å². The summed E-state index contributed by atoms with van der Waals surface area (Å²) >= 11 is 0. The summed E-state index contributed by atoms with van der Waals surface area (Å²) in [7, 11) is 1.48. The number of rotatable bonds is 6. The first-order valence-corrected chi connectivity index (χ1v) is 10.8. The Morgan fingerprint density at radius 3 is 2.25 bits per heavy atom. The molecular weight excluding hydrogens is 408 g/mol. The van der Waals surface area contributed by atoms with Crippen LogP contribution < -0.4 is 16.4 Å². The largest absolute Gasteiger partial charge is 0.483 e. The second kappa shape index (κ2) is 11.2. The van der Waals surface area contributed by atoms with Gasteiger partial charge in [-0.3, -0.25) is 9.78 Å². The van der Waals surface area contributed by atoms with Gasteiger partial charge in [0.25, 0.3) is 0 Å². The van der Waals surface area contributed by atoms with Gasteiger partial charge in [0.05, 0.1) is 24.8 Å². The fraction of sp³-hybridized carbons (Fsp3) is 0.583. The Morgan fingerprint density at radius 1 is 1.25 bits per heavy atom. The van der Waals surface area contributed by atoms with Crippen LogP contribution in [0.5, 0.6) is 0 Å². The van der Waals surface area contributed by atoms with Crippen molar-refractivity contribution >= 4 is 17.4 Å². The van der Waals surface area contributed by atoms with Crippen molar-refractivity contribution in [3.63, 3.8) is 0 Å². The number of methoxy groups -OCH3 is 1. The predicted molar refractivity (Wildman–Crippen MR) is 129 cm³/mol. The zero-order valence-electron chi connectivity index (χ0n) is 20.5. The number of carboxylic acid groups (broad SMARTS) is 1. The number of aryl methyl sites for hydroxylation is 1. The fourth-order valence-electron chi connectivity index (χ4n) is 3.24. The highest BCUT2D eigenvalue weighted by atomic mass is 16.5. The van der Waals surface area contributed by atoms with Gasteiger partial charge in [0, 0.05) is 41.8 Å². The molecule has 1 aliphatic rings. The Kier molecular flexibility index (Phi) is 9.57. The van der Waals surface area contributed by atoms with Crippen LogP contribution in [-0.2, 0) is 16.0 Å². The van der Waals surface area contributed by atoms with Crippen molar-refractivity contribution in [2.45, 2.75) is 66.4 Å². The smallest absolute Gasteiger partial charge is 0.307 e. The van der Waals surface area contributed by atoms with Crippen LogP contribution in [0.2, 0.25) is 0 Å². The van der Waals surface area contributed by atoms with Crippen LogP contribution in [-0.4, -0.2) is 47.0 Å². The lowest BCUT2D eigenvalue weighted by Crippen LogP contribution is -2.38. The maximum Gasteiger partial charge on any atom is 0.307 e. The van der Waals surface area contributed by atoms with Gasteiger partial charge >= 0.3 is 5.97 Å². The molecule has 0 unspecified atom stereocenters. The number of aliphatic hydroxyl groups is 1. The van der Waals surface area contributed by atoms with Crippen molar-refractivity contribution in [2.24, 2.45) is 16.9 Å². The molecule has 0 aromatic carbocycles. The van der Waals surface area contributed by atoms with Crippen LogP contribution in [0.3, 0.4) is 0 Å². The Morgan fingerprint density at radius 2 is 1.78 bits per heavy atom. The number of hydrogen-bond donors (Lipinski definition) is 4. The molecule has 8 heteroatoms. The van der Waals surface area contributed by atoms with E-state index in [-0.39, 0.29) is 17.7 Å². The van der Waals surface area contributed by atoms with Crippen molar-refractivity contribution < 1.29 is 19.7 Å². The van der Waals surface area contributed by atoms with E-state index in [4.69, 9.17) is 21.3 Å². The van der Waals surface area contributed by atoms with E-state index in [0.29, 0.717) is 17.0 Å².